The number of aromatic nitrogens is 2. The monoisotopic (exact) mass is 209 g/mol. The van der Waals surface area contributed by atoms with Crippen LogP contribution in [-0.4, -0.2) is 39.4 Å². The van der Waals surface area contributed by atoms with Crippen LogP contribution in [0.25, 0.3) is 0 Å². The molecular formula is C10H15N3O2. The summed E-state index contributed by atoms with van der Waals surface area (Å²) in [5.74, 6) is 0.631. The zero-order valence-electron chi connectivity index (χ0n) is 8.50. The standard InChI is InChI=1S/C10H15N3O2/c14-7-8-4-11-10(12-5-8)13-3-1-2-9(15)6-13/h4-5,9,14-15H,1-3,6-7H2. The summed E-state index contributed by atoms with van der Waals surface area (Å²) in [5, 5.41) is 18.4. The van der Waals surface area contributed by atoms with Crippen molar-refractivity contribution in [3.63, 3.8) is 0 Å². The molecule has 1 unspecified atom stereocenters. The summed E-state index contributed by atoms with van der Waals surface area (Å²) in [5.41, 5.74) is 0.705. The van der Waals surface area contributed by atoms with Gasteiger partial charge in [-0.3, -0.25) is 0 Å². The fourth-order valence-corrected chi connectivity index (χ4v) is 1.73. The quantitative estimate of drug-likeness (QED) is 0.713. The number of nitrogens with zero attached hydrogens (tertiary/aromatic N) is 3. The van der Waals surface area contributed by atoms with E-state index in [0.29, 0.717) is 18.1 Å². The molecule has 82 valence electrons. The van der Waals surface area contributed by atoms with Crippen LogP contribution in [0.15, 0.2) is 12.4 Å². The van der Waals surface area contributed by atoms with Crippen LogP contribution in [0.5, 0.6) is 0 Å². The Labute approximate surface area is 88.4 Å². The van der Waals surface area contributed by atoms with Gasteiger partial charge in [0.2, 0.25) is 5.95 Å². The lowest BCUT2D eigenvalue weighted by Gasteiger charge is -2.29. The maximum absolute atomic E-state index is 9.50. The fourth-order valence-electron chi connectivity index (χ4n) is 1.73. The van der Waals surface area contributed by atoms with E-state index in [4.69, 9.17) is 5.11 Å². The van der Waals surface area contributed by atoms with Gasteiger partial charge >= 0.3 is 0 Å². The van der Waals surface area contributed by atoms with Crippen LogP contribution in [-0.2, 0) is 6.61 Å². The van der Waals surface area contributed by atoms with Gasteiger partial charge in [0.05, 0.1) is 12.7 Å². The van der Waals surface area contributed by atoms with Gasteiger partial charge in [-0.15, -0.1) is 0 Å². The first-order chi connectivity index (χ1) is 7.29. The van der Waals surface area contributed by atoms with Gasteiger partial charge in [-0.1, -0.05) is 0 Å². The molecule has 5 heteroatoms. The molecule has 0 radical (unpaired) electrons. The van der Waals surface area contributed by atoms with Gasteiger partial charge in [-0.25, -0.2) is 9.97 Å². The van der Waals surface area contributed by atoms with Crippen molar-refractivity contribution in [3.05, 3.63) is 18.0 Å². The second-order valence-electron chi connectivity index (χ2n) is 3.79. The van der Waals surface area contributed by atoms with E-state index in [9.17, 15) is 5.11 Å². The summed E-state index contributed by atoms with van der Waals surface area (Å²) < 4.78 is 0. The Morgan fingerprint density at radius 3 is 2.73 bits per heavy atom. The lowest BCUT2D eigenvalue weighted by Crippen LogP contribution is -2.39. The van der Waals surface area contributed by atoms with Crippen molar-refractivity contribution in [3.8, 4) is 0 Å². The zero-order chi connectivity index (χ0) is 10.7. The SMILES string of the molecule is OCc1cnc(N2CCCC(O)C2)nc1. The van der Waals surface area contributed by atoms with E-state index in [2.05, 4.69) is 9.97 Å². The van der Waals surface area contributed by atoms with E-state index in [1.165, 1.54) is 0 Å². The van der Waals surface area contributed by atoms with Gasteiger partial charge in [-0.2, -0.15) is 0 Å². The molecule has 2 N–H and O–H groups in total. The smallest absolute Gasteiger partial charge is 0.225 e. The number of β-amino-alcohol motifs (C(OH)–C–C–N with tert-alkyl or cyclic N) is 1. The molecule has 1 aromatic rings. The van der Waals surface area contributed by atoms with E-state index in [1.807, 2.05) is 4.90 Å². The van der Waals surface area contributed by atoms with Gasteiger partial charge in [0, 0.05) is 31.0 Å². The van der Waals surface area contributed by atoms with Crippen molar-refractivity contribution in [2.75, 3.05) is 18.0 Å². The Balaban J connectivity index is 2.07. The number of aliphatic hydroxyl groups excluding tert-OH is 2. The third-order valence-corrected chi connectivity index (χ3v) is 2.55. The Morgan fingerprint density at radius 1 is 1.40 bits per heavy atom. The molecule has 1 atom stereocenters. The van der Waals surface area contributed by atoms with E-state index in [-0.39, 0.29) is 12.7 Å². The first kappa shape index (κ1) is 10.3. The highest BCUT2D eigenvalue weighted by molar-refractivity contribution is 5.30. The average Bonchev–Trinajstić information content (AvgIpc) is 2.29. The van der Waals surface area contributed by atoms with Crippen LogP contribution >= 0.6 is 0 Å². The van der Waals surface area contributed by atoms with E-state index in [1.54, 1.807) is 12.4 Å². The minimum atomic E-state index is -0.278. The molecule has 1 fully saturated rings. The minimum absolute atomic E-state index is 0.0388. The molecule has 2 heterocycles. The highest BCUT2D eigenvalue weighted by Crippen LogP contribution is 2.15. The number of piperidine rings is 1. The molecule has 0 aliphatic carbocycles. The molecule has 2 rings (SSSR count). The molecule has 1 saturated heterocycles. The summed E-state index contributed by atoms with van der Waals surface area (Å²) >= 11 is 0. The molecule has 0 amide bonds. The second kappa shape index (κ2) is 4.55. The lowest BCUT2D eigenvalue weighted by atomic mass is 10.1. The molecule has 1 aliphatic heterocycles. The maximum Gasteiger partial charge on any atom is 0.225 e. The molecule has 15 heavy (non-hydrogen) atoms. The van der Waals surface area contributed by atoms with Crippen molar-refractivity contribution < 1.29 is 10.2 Å². The van der Waals surface area contributed by atoms with E-state index in [0.717, 1.165) is 19.4 Å². The Kier molecular flexibility index (Phi) is 3.13. The molecule has 0 aromatic carbocycles. The molecular weight excluding hydrogens is 194 g/mol. The van der Waals surface area contributed by atoms with Crippen molar-refractivity contribution in [1.29, 1.82) is 0 Å². The predicted octanol–water partition coefficient (Wildman–Crippen LogP) is -0.0700. The summed E-state index contributed by atoms with van der Waals surface area (Å²) in [6, 6.07) is 0. The third kappa shape index (κ3) is 2.43. The van der Waals surface area contributed by atoms with Crippen molar-refractivity contribution in [1.82, 2.24) is 9.97 Å². The summed E-state index contributed by atoms with van der Waals surface area (Å²) in [4.78, 5) is 10.3. The molecule has 1 aromatic heterocycles. The van der Waals surface area contributed by atoms with Gasteiger partial charge in [0.25, 0.3) is 0 Å². The number of hydrogen-bond donors (Lipinski definition) is 2. The van der Waals surface area contributed by atoms with E-state index >= 15 is 0 Å². The topological polar surface area (TPSA) is 69.5 Å². The number of rotatable bonds is 2. The number of anilines is 1. The molecule has 1 aliphatic rings. The Hall–Kier alpha value is -1.20. The van der Waals surface area contributed by atoms with Crippen molar-refractivity contribution >= 4 is 5.95 Å². The molecule has 0 bridgehead atoms. The van der Waals surface area contributed by atoms with Gasteiger partial charge in [0.15, 0.2) is 0 Å². The van der Waals surface area contributed by atoms with Crippen LogP contribution in [0.4, 0.5) is 5.95 Å². The molecule has 0 spiro atoms. The zero-order valence-corrected chi connectivity index (χ0v) is 8.50. The molecule has 0 saturated carbocycles. The third-order valence-electron chi connectivity index (χ3n) is 2.55. The van der Waals surface area contributed by atoms with Gasteiger partial charge < -0.3 is 15.1 Å². The number of aliphatic hydroxyl groups is 2. The van der Waals surface area contributed by atoms with Gasteiger partial charge in [-0.05, 0) is 12.8 Å². The van der Waals surface area contributed by atoms with Crippen LogP contribution in [0.1, 0.15) is 18.4 Å². The van der Waals surface area contributed by atoms with Crippen molar-refractivity contribution in [2.24, 2.45) is 0 Å². The van der Waals surface area contributed by atoms with Crippen LogP contribution in [0.2, 0.25) is 0 Å². The average molecular weight is 209 g/mol. The normalized spacial score (nSPS) is 21.7. The summed E-state index contributed by atoms with van der Waals surface area (Å²) in [6.07, 6.45) is 4.77. The first-order valence-corrected chi connectivity index (χ1v) is 5.14. The molecule has 5 nitrogen and oxygen atoms in total. The second-order valence-corrected chi connectivity index (χ2v) is 3.79. The Bertz CT molecular complexity index is 315. The highest BCUT2D eigenvalue weighted by atomic mass is 16.3. The minimum Gasteiger partial charge on any atom is -0.392 e. The lowest BCUT2D eigenvalue weighted by molar-refractivity contribution is 0.153. The Morgan fingerprint density at radius 2 is 2.13 bits per heavy atom. The largest absolute Gasteiger partial charge is 0.392 e. The highest BCUT2D eigenvalue weighted by Gasteiger charge is 2.19. The summed E-state index contributed by atoms with van der Waals surface area (Å²) in [7, 11) is 0. The maximum atomic E-state index is 9.50. The number of hydrogen-bond acceptors (Lipinski definition) is 5. The van der Waals surface area contributed by atoms with Gasteiger partial charge in [0.1, 0.15) is 0 Å². The predicted molar refractivity (Wildman–Crippen MR) is 55.4 cm³/mol. The van der Waals surface area contributed by atoms with Crippen LogP contribution < -0.4 is 4.90 Å². The fraction of sp³-hybridized carbons (Fsp3) is 0.600. The summed E-state index contributed by atoms with van der Waals surface area (Å²) in [6.45, 7) is 1.44. The van der Waals surface area contributed by atoms with Crippen molar-refractivity contribution in [2.45, 2.75) is 25.6 Å². The first-order valence-electron chi connectivity index (χ1n) is 5.14. The van der Waals surface area contributed by atoms with Crippen LogP contribution in [0, 0.1) is 0 Å². The van der Waals surface area contributed by atoms with E-state index < -0.39 is 0 Å². The van der Waals surface area contributed by atoms with Crippen LogP contribution in [0.3, 0.4) is 0 Å².